The molecule has 3 fully saturated rings. The van der Waals surface area contributed by atoms with Crippen LogP contribution in [0.5, 0.6) is 0 Å². The third-order valence-corrected chi connectivity index (χ3v) is 12.9. The molecule has 56 heavy (non-hydrogen) atoms. The van der Waals surface area contributed by atoms with E-state index in [-0.39, 0.29) is 43.1 Å². The second-order valence-electron chi connectivity index (χ2n) is 17.8. The highest BCUT2D eigenvalue weighted by molar-refractivity contribution is 5.73. The summed E-state index contributed by atoms with van der Waals surface area (Å²) in [5.41, 5.74) is -6.43. The van der Waals surface area contributed by atoms with Gasteiger partial charge in [0.05, 0.1) is 42.2 Å². The summed E-state index contributed by atoms with van der Waals surface area (Å²) in [6.07, 6.45) is -6.60. The molecule has 15 heteroatoms. The van der Waals surface area contributed by atoms with Crippen LogP contribution in [-0.4, -0.2) is 148 Å². The van der Waals surface area contributed by atoms with Gasteiger partial charge in [-0.15, -0.1) is 0 Å². The Balaban J connectivity index is 1.82. The molecule has 18 atom stereocenters. The lowest BCUT2D eigenvalue weighted by atomic mass is 9.74. The summed E-state index contributed by atoms with van der Waals surface area (Å²) < 4.78 is 43.8. The first kappa shape index (κ1) is 47.0. The molecule has 324 valence electrons. The number of hydrogen-bond donors (Lipinski definition) is 6. The molecule has 0 spiro atoms. The zero-order valence-corrected chi connectivity index (χ0v) is 35.8. The van der Waals surface area contributed by atoms with Gasteiger partial charge in [-0.3, -0.25) is 4.79 Å². The van der Waals surface area contributed by atoms with Gasteiger partial charge in [-0.05, 0) is 106 Å². The minimum atomic E-state index is -1.83. The lowest BCUT2D eigenvalue weighted by Gasteiger charge is -2.52. The molecule has 4 heterocycles. The van der Waals surface area contributed by atoms with E-state index in [9.17, 15) is 30.3 Å². The summed E-state index contributed by atoms with van der Waals surface area (Å²) in [6.45, 7) is 17.7. The van der Waals surface area contributed by atoms with Crippen LogP contribution in [0.4, 0.5) is 0 Å². The largest absolute Gasteiger partial charge is 0.466 e. The lowest BCUT2D eigenvalue weighted by Crippen LogP contribution is -2.64. The van der Waals surface area contributed by atoms with Crippen molar-refractivity contribution in [1.29, 1.82) is 0 Å². The van der Waals surface area contributed by atoms with E-state index in [1.807, 2.05) is 32.8 Å². The summed E-state index contributed by atoms with van der Waals surface area (Å²) in [5.74, 6) is -2.50. The van der Waals surface area contributed by atoms with Gasteiger partial charge >= 0.3 is 5.97 Å². The predicted molar refractivity (Wildman–Crippen MR) is 206 cm³/mol. The highest BCUT2D eigenvalue weighted by Crippen LogP contribution is 2.48. The first-order chi connectivity index (χ1) is 25.9. The molecule has 0 bridgehead atoms. The molecule has 1 aromatic heterocycles. The van der Waals surface area contributed by atoms with Crippen molar-refractivity contribution in [3.05, 3.63) is 24.2 Å². The van der Waals surface area contributed by atoms with Crippen molar-refractivity contribution in [2.45, 2.75) is 185 Å². The van der Waals surface area contributed by atoms with Crippen molar-refractivity contribution >= 4 is 5.97 Å². The number of carbonyl (C=O) groups is 1. The summed E-state index contributed by atoms with van der Waals surface area (Å²) in [6, 6.07) is 2.42. The van der Waals surface area contributed by atoms with Crippen LogP contribution < -0.4 is 5.32 Å². The van der Waals surface area contributed by atoms with E-state index in [0.29, 0.717) is 13.0 Å². The van der Waals surface area contributed by atoms with Crippen LogP contribution in [0, 0.1) is 17.8 Å². The van der Waals surface area contributed by atoms with E-state index in [2.05, 4.69) is 5.32 Å². The number of ether oxygens (including phenoxy) is 6. The maximum atomic E-state index is 14.3. The van der Waals surface area contributed by atoms with Gasteiger partial charge in [-0.1, -0.05) is 20.8 Å². The number of aliphatic hydroxyl groups is 5. The van der Waals surface area contributed by atoms with E-state index in [0.717, 1.165) is 0 Å². The molecule has 3 saturated heterocycles. The Bertz CT molecular complexity index is 1400. The monoisotopic (exact) mass is 801 g/mol. The molecule has 6 N–H and O–H groups in total. The fourth-order valence-electron chi connectivity index (χ4n) is 9.32. The van der Waals surface area contributed by atoms with Crippen LogP contribution in [-0.2, 0) is 38.8 Å². The van der Waals surface area contributed by atoms with Crippen LogP contribution in [0.2, 0.25) is 0 Å². The number of nitrogens with one attached hydrogen (secondary N) is 1. The topological polar surface area (TPSA) is 202 Å². The molecular weight excluding hydrogens is 728 g/mol. The highest BCUT2D eigenvalue weighted by atomic mass is 16.7. The molecule has 1 aromatic rings. The van der Waals surface area contributed by atoms with E-state index in [4.69, 9.17) is 32.8 Å². The summed E-state index contributed by atoms with van der Waals surface area (Å²) in [7, 11) is 5.24. The van der Waals surface area contributed by atoms with Crippen LogP contribution >= 0.6 is 0 Å². The molecule has 0 aliphatic carbocycles. The van der Waals surface area contributed by atoms with Crippen molar-refractivity contribution in [3.63, 3.8) is 0 Å². The number of carbonyl (C=O) groups excluding carboxylic acids is 1. The van der Waals surface area contributed by atoms with E-state index >= 15 is 0 Å². The van der Waals surface area contributed by atoms with Gasteiger partial charge in [0, 0.05) is 31.5 Å². The van der Waals surface area contributed by atoms with Gasteiger partial charge in [-0.2, -0.15) is 0 Å². The molecule has 0 saturated carbocycles. The first-order valence-corrected chi connectivity index (χ1v) is 20.3. The van der Waals surface area contributed by atoms with E-state index < -0.39 is 95.5 Å². The standard InChI is InChI=1S/C41H72N2O13/c1-14-29-40(10,48)34(45)26(6)42-21-22(2)19-38(8,47)35(56-37-32(44)28(43(11)12)18-23(3)52-37)24(4)33(25(5)36(46)54-29)55-31-20-39(9,50-13)41(49,27(7)53-31)30-16-15-17-51-30/h15-17,22-29,31-35,37,42,44-45,47-49H,14,18-21H2,1-13H3/t22-,23-,24+,25-,26-,27+,28+,29-,31+,32-,33+,34-,35-,37+,38-,39-,40-,41+/m1/s1. The number of rotatable bonds is 8. The average molecular weight is 801 g/mol. The van der Waals surface area contributed by atoms with Crippen LogP contribution in [0.25, 0.3) is 0 Å². The fourth-order valence-corrected chi connectivity index (χ4v) is 9.32. The number of aliphatic hydroxyl groups excluding tert-OH is 2. The maximum absolute atomic E-state index is 14.3. The Labute approximate surface area is 333 Å². The Kier molecular flexibility index (Phi) is 15.3. The van der Waals surface area contributed by atoms with Crippen LogP contribution in [0.15, 0.2) is 22.8 Å². The quantitative estimate of drug-likeness (QED) is 0.210. The molecule has 4 rings (SSSR count). The van der Waals surface area contributed by atoms with Crippen molar-refractivity contribution in [3.8, 4) is 0 Å². The van der Waals surface area contributed by atoms with Crippen LogP contribution in [0.3, 0.4) is 0 Å². The third-order valence-electron chi connectivity index (χ3n) is 12.9. The molecule has 15 nitrogen and oxygen atoms in total. The second-order valence-corrected chi connectivity index (χ2v) is 17.8. The Hall–Kier alpha value is -1.73. The summed E-state index contributed by atoms with van der Waals surface area (Å²) >= 11 is 0. The lowest BCUT2D eigenvalue weighted by molar-refractivity contribution is -0.344. The highest BCUT2D eigenvalue weighted by Gasteiger charge is 2.61. The van der Waals surface area contributed by atoms with Gasteiger partial charge in [0.25, 0.3) is 0 Å². The average Bonchev–Trinajstić information content (AvgIpc) is 3.68. The van der Waals surface area contributed by atoms with Crippen molar-refractivity contribution in [2.24, 2.45) is 17.8 Å². The molecule has 0 aromatic carbocycles. The smallest absolute Gasteiger partial charge is 0.311 e. The zero-order chi connectivity index (χ0) is 42.1. The zero-order valence-electron chi connectivity index (χ0n) is 35.8. The third kappa shape index (κ3) is 9.50. The van der Waals surface area contributed by atoms with Gasteiger partial charge in [-0.25, -0.2) is 0 Å². The van der Waals surface area contributed by atoms with Crippen molar-refractivity contribution in [1.82, 2.24) is 10.2 Å². The Morgan fingerprint density at radius 2 is 1.64 bits per heavy atom. The SMILES string of the molecule is CC[C@H]1OC(=O)[C@H](C)[C@@H](O[C@H]2C[C@@](C)(OC)[C@@](O)(c3ccco3)[C@H](C)O2)[C@H](C)[C@@H](O[C@@H]2O[C@H](C)C[C@H](N(C)C)[C@H]2O)[C@](C)(O)C[C@@H](C)CN[C@H](C)[C@@H](O)[C@]1(C)O. The normalized spacial score (nSPS) is 47.9. The Morgan fingerprint density at radius 1 is 0.982 bits per heavy atom. The van der Waals surface area contributed by atoms with Gasteiger partial charge in [0.1, 0.15) is 35.3 Å². The molecule has 3 aliphatic rings. The summed E-state index contributed by atoms with van der Waals surface area (Å²) in [5, 5.41) is 62.6. The molecule has 0 unspecified atom stereocenters. The number of methoxy groups -OCH3 is 1. The van der Waals surface area contributed by atoms with Crippen molar-refractivity contribution in [2.75, 3.05) is 27.7 Å². The molecule has 0 amide bonds. The molecular formula is C41H72N2O13. The molecule has 0 radical (unpaired) electrons. The van der Waals surface area contributed by atoms with E-state index in [1.165, 1.54) is 20.3 Å². The minimum Gasteiger partial charge on any atom is -0.466 e. The number of likely N-dealkylation sites (N-methyl/N-ethyl adjacent to an activating group) is 1. The van der Waals surface area contributed by atoms with Crippen LogP contribution in [0.1, 0.15) is 101 Å². The van der Waals surface area contributed by atoms with Crippen molar-refractivity contribution < 1.29 is 63.2 Å². The van der Waals surface area contributed by atoms with Gasteiger partial charge in [0.15, 0.2) is 18.2 Å². The van der Waals surface area contributed by atoms with Gasteiger partial charge < -0.3 is 68.6 Å². The first-order valence-electron chi connectivity index (χ1n) is 20.3. The number of cyclic esters (lactones) is 1. The minimum absolute atomic E-state index is 0.00348. The second kappa shape index (κ2) is 18.3. The molecule has 3 aliphatic heterocycles. The maximum Gasteiger partial charge on any atom is 0.311 e. The summed E-state index contributed by atoms with van der Waals surface area (Å²) in [4.78, 5) is 16.2. The predicted octanol–water partition coefficient (Wildman–Crippen LogP) is 2.68. The number of nitrogens with zero attached hydrogens (tertiary/aromatic N) is 1. The number of esters is 1. The fraction of sp³-hybridized carbons (Fsp3) is 0.878. The Morgan fingerprint density at radius 3 is 2.21 bits per heavy atom. The number of hydrogen-bond acceptors (Lipinski definition) is 15. The van der Waals surface area contributed by atoms with Gasteiger partial charge in [0.2, 0.25) is 0 Å². The van der Waals surface area contributed by atoms with E-state index in [1.54, 1.807) is 60.6 Å². The number of furan rings is 1.